The lowest BCUT2D eigenvalue weighted by molar-refractivity contribution is -0.131. The number of hydrogen-bond acceptors (Lipinski definition) is 3. The summed E-state index contributed by atoms with van der Waals surface area (Å²) in [5, 5.41) is 5.55. The molecule has 3 rings (SSSR count). The molecule has 0 aromatic heterocycles. The summed E-state index contributed by atoms with van der Waals surface area (Å²) in [5.74, 6) is -0.0637. The maximum absolute atomic E-state index is 12.9. The second kappa shape index (κ2) is 6.72. The number of allylic oxidation sites excluding steroid dienone is 1. The number of hydrogen-bond donors (Lipinski definition) is 2. The van der Waals surface area contributed by atoms with Crippen LogP contribution < -0.4 is 10.6 Å². The Morgan fingerprint density at radius 1 is 1.26 bits per heavy atom. The molecule has 23 heavy (non-hydrogen) atoms. The Morgan fingerprint density at radius 2 is 1.91 bits per heavy atom. The monoisotopic (exact) mass is 379 g/mol. The van der Waals surface area contributed by atoms with Crippen LogP contribution in [0.15, 0.2) is 40.0 Å². The van der Waals surface area contributed by atoms with Crippen LogP contribution in [0.1, 0.15) is 18.5 Å². The number of halogens is 1. The summed E-state index contributed by atoms with van der Waals surface area (Å²) >= 11 is 3.40. The summed E-state index contributed by atoms with van der Waals surface area (Å²) in [6, 6.07) is 6.85. The smallest absolute Gasteiger partial charge is 0.319 e. The van der Waals surface area contributed by atoms with Gasteiger partial charge in [-0.25, -0.2) is 4.79 Å². The normalized spacial score (nSPS) is 21.7. The van der Waals surface area contributed by atoms with Gasteiger partial charge in [-0.15, -0.1) is 0 Å². The third-order valence-electron chi connectivity index (χ3n) is 4.00. The molecule has 0 spiro atoms. The molecule has 2 aliphatic heterocycles. The molecule has 1 saturated heterocycles. The average Bonchev–Trinajstić information content (AvgIpc) is 2.55. The van der Waals surface area contributed by atoms with E-state index >= 15 is 0 Å². The molecule has 6 nitrogen and oxygen atoms in total. The quantitative estimate of drug-likeness (QED) is 0.824. The van der Waals surface area contributed by atoms with Gasteiger partial charge in [-0.1, -0.05) is 28.1 Å². The summed E-state index contributed by atoms with van der Waals surface area (Å²) in [5.41, 5.74) is 2.05. The predicted molar refractivity (Wildman–Crippen MR) is 88.6 cm³/mol. The van der Waals surface area contributed by atoms with Crippen molar-refractivity contribution in [2.45, 2.75) is 13.0 Å². The number of carbonyl (C=O) groups is 2. The van der Waals surface area contributed by atoms with Crippen molar-refractivity contribution in [3.05, 3.63) is 45.6 Å². The number of ether oxygens (including phenoxy) is 1. The summed E-state index contributed by atoms with van der Waals surface area (Å²) < 4.78 is 6.25. The predicted octanol–water partition coefficient (Wildman–Crippen LogP) is 1.94. The highest BCUT2D eigenvalue weighted by atomic mass is 79.9. The highest BCUT2D eigenvalue weighted by Crippen LogP contribution is 2.29. The largest absolute Gasteiger partial charge is 0.378 e. The van der Waals surface area contributed by atoms with Crippen LogP contribution in [0.3, 0.4) is 0 Å². The van der Waals surface area contributed by atoms with Crippen LogP contribution in [0.4, 0.5) is 4.79 Å². The van der Waals surface area contributed by atoms with Crippen molar-refractivity contribution in [3.63, 3.8) is 0 Å². The van der Waals surface area contributed by atoms with Gasteiger partial charge in [0.2, 0.25) is 0 Å². The van der Waals surface area contributed by atoms with E-state index in [1.54, 1.807) is 11.8 Å². The number of rotatable bonds is 2. The lowest BCUT2D eigenvalue weighted by Crippen LogP contribution is -2.49. The Bertz CT molecular complexity index is 651. The van der Waals surface area contributed by atoms with Gasteiger partial charge in [-0.3, -0.25) is 4.79 Å². The molecular weight excluding hydrogens is 362 g/mol. The molecule has 2 N–H and O–H groups in total. The van der Waals surface area contributed by atoms with Crippen LogP contribution in [0.2, 0.25) is 0 Å². The van der Waals surface area contributed by atoms with Crippen LogP contribution >= 0.6 is 15.9 Å². The minimum atomic E-state index is -0.452. The molecule has 0 bridgehead atoms. The Kier molecular flexibility index (Phi) is 4.68. The van der Waals surface area contributed by atoms with E-state index in [1.807, 2.05) is 24.3 Å². The molecule has 3 amide bonds. The van der Waals surface area contributed by atoms with Gasteiger partial charge in [0.15, 0.2) is 0 Å². The zero-order valence-electron chi connectivity index (χ0n) is 12.8. The third kappa shape index (κ3) is 3.40. The second-order valence-corrected chi connectivity index (χ2v) is 6.44. The van der Waals surface area contributed by atoms with E-state index < -0.39 is 6.04 Å². The molecule has 122 valence electrons. The van der Waals surface area contributed by atoms with Gasteiger partial charge in [-0.05, 0) is 24.6 Å². The number of urea groups is 1. The number of morpholine rings is 1. The van der Waals surface area contributed by atoms with E-state index in [1.165, 1.54) is 0 Å². The topological polar surface area (TPSA) is 70.7 Å². The molecule has 1 aromatic rings. The standard InChI is InChI=1S/C16H18BrN3O3/c1-10-13(15(21)20-6-8-23-9-7-20)14(19-16(22)18-10)11-2-4-12(17)5-3-11/h2-5,14H,6-9H2,1H3,(H2,18,19,22)/t14-/m0/s1. The first-order valence-electron chi connectivity index (χ1n) is 7.47. The molecular formula is C16H18BrN3O3. The van der Waals surface area contributed by atoms with Gasteiger partial charge in [0.25, 0.3) is 5.91 Å². The summed E-state index contributed by atoms with van der Waals surface area (Å²) in [7, 11) is 0. The van der Waals surface area contributed by atoms with Gasteiger partial charge in [0.1, 0.15) is 0 Å². The van der Waals surface area contributed by atoms with Crippen LogP contribution in [0, 0.1) is 0 Å². The van der Waals surface area contributed by atoms with Crippen molar-refractivity contribution >= 4 is 27.9 Å². The zero-order valence-corrected chi connectivity index (χ0v) is 14.4. The van der Waals surface area contributed by atoms with E-state index in [0.29, 0.717) is 37.6 Å². The number of nitrogens with one attached hydrogen (secondary N) is 2. The lowest BCUT2D eigenvalue weighted by atomic mass is 9.94. The Morgan fingerprint density at radius 3 is 2.57 bits per heavy atom. The SMILES string of the molecule is CC1=C(C(=O)N2CCOCC2)[C@H](c2ccc(Br)cc2)NC(=O)N1. The first kappa shape index (κ1) is 16.0. The molecule has 0 unspecified atom stereocenters. The molecule has 1 fully saturated rings. The molecule has 7 heteroatoms. The second-order valence-electron chi connectivity index (χ2n) is 5.53. The van der Waals surface area contributed by atoms with Crippen molar-refractivity contribution in [1.29, 1.82) is 0 Å². The molecule has 0 saturated carbocycles. The van der Waals surface area contributed by atoms with Crippen molar-refractivity contribution in [2.24, 2.45) is 0 Å². The summed E-state index contributed by atoms with van der Waals surface area (Å²) in [6.45, 7) is 3.98. The summed E-state index contributed by atoms with van der Waals surface area (Å²) in [4.78, 5) is 26.6. The first-order valence-corrected chi connectivity index (χ1v) is 8.26. The van der Waals surface area contributed by atoms with Gasteiger partial charge >= 0.3 is 6.03 Å². The molecule has 1 aromatic carbocycles. The van der Waals surface area contributed by atoms with Crippen LogP contribution in [-0.4, -0.2) is 43.1 Å². The van der Waals surface area contributed by atoms with Crippen molar-refractivity contribution < 1.29 is 14.3 Å². The lowest BCUT2D eigenvalue weighted by Gasteiger charge is -2.34. The van der Waals surface area contributed by atoms with Crippen molar-refractivity contribution in [2.75, 3.05) is 26.3 Å². The van der Waals surface area contributed by atoms with E-state index in [-0.39, 0.29) is 11.9 Å². The van der Waals surface area contributed by atoms with Gasteiger partial charge in [0, 0.05) is 23.3 Å². The van der Waals surface area contributed by atoms with Crippen molar-refractivity contribution in [1.82, 2.24) is 15.5 Å². The number of benzene rings is 1. The third-order valence-corrected chi connectivity index (χ3v) is 4.53. The highest BCUT2D eigenvalue weighted by Gasteiger charge is 2.33. The maximum Gasteiger partial charge on any atom is 0.319 e. The van der Waals surface area contributed by atoms with Gasteiger partial charge < -0.3 is 20.3 Å². The average molecular weight is 380 g/mol. The fourth-order valence-corrected chi connectivity index (χ4v) is 3.08. The highest BCUT2D eigenvalue weighted by molar-refractivity contribution is 9.10. The van der Waals surface area contributed by atoms with E-state index in [4.69, 9.17) is 4.74 Å². The molecule has 2 heterocycles. The summed E-state index contributed by atoms with van der Waals surface area (Å²) in [6.07, 6.45) is 0. The Hall–Kier alpha value is -1.86. The molecule has 0 aliphatic carbocycles. The number of amides is 3. The number of carbonyl (C=O) groups excluding carboxylic acids is 2. The minimum Gasteiger partial charge on any atom is -0.378 e. The van der Waals surface area contributed by atoms with E-state index in [2.05, 4.69) is 26.6 Å². The van der Waals surface area contributed by atoms with E-state index in [9.17, 15) is 9.59 Å². The van der Waals surface area contributed by atoms with E-state index in [0.717, 1.165) is 10.0 Å². The Balaban J connectivity index is 1.95. The number of nitrogens with zero attached hydrogens (tertiary/aromatic N) is 1. The maximum atomic E-state index is 12.9. The van der Waals surface area contributed by atoms with Crippen LogP contribution in [0.5, 0.6) is 0 Å². The minimum absolute atomic E-state index is 0.0637. The van der Waals surface area contributed by atoms with Crippen molar-refractivity contribution in [3.8, 4) is 0 Å². The van der Waals surface area contributed by atoms with Crippen LogP contribution in [0.25, 0.3) is 0 Å². The molecule has 0 radical (unpaired) electrons. The Labute approximate surface area is 143 Å². The van der Waals surface area contributed by atoms with Crippen LogP contribution in [-0.2, 0) is 9.53 Å². The zero-order chi connectivity index (χ0) is 16.4. The molecule has 2 aliphatic rings. The molecule has 1 atom stereocenters. The first-order chi connectivity index (χ1) is 11.1. The fraction of sp³-hybridized carbons (Fsp3) is 0.375. The fourth-order valence-electron chi connectivity index (χ4n) is 2.82. The van der Waals surface area contributed by atoms with Gasteiger partial charge in [-0.2, -0.15) is 0 Å². The van der Waals surface area contributed by atoms with Gasteiger partial charge in [0.05, 0.1) is 24.8 Å².